The summed E-state index contributed by atoms with van der Waals surface area (Å²) in [6.07, 6.45) is 1.13. The van der Waals surface area contributed by atoms with E-state index in [4.69, 9.17) is 18.0 Å². The second kappa shape index (κ2) is 6.02. The minimum absolute atomic E-state index is 0.298. The molecule has 0 amide bonds. The van der Waals surface area contributed by atoms with Crippen molar-refractivity contribution >= 4 is 33.0 Å². The highest BCUT2D eigenvalue weighted by atomic mass is 32.2. The van der Waals surface area contributed by atoms with Gasteiger partial charge in [0.05, 0.1) is 6.26 Å². The van der Waals surface area contributed by atoms with Crippen LogP contribution >= 0.6 is 12.2 Å². The van der Waals surface area contributed by atoms with E-state index in [0.29, 0.717) is 17.4 Å². The highest BCUT2D eigenvalue weighted by Gasteiger charge is 2.22. The number of nitrogens with zero attached hydrogens (tertiary/aromatic N) is 1. The van der Waals surface area contributed by atoms with E-state index in [1.807, 2.05) is 6.92 Å². The first-order valence-electron chi connectivity index (χ1n) is 6.00. The van der Waals surface area contributed by atoms with Gasteiger partial charge in [0.25, 0.3) is 0 Å². The molecule has 20 heavy (non-hydrogen) atoms. The third-order valence-electron chi connectivity index (χ3n) is 2.41. The van der Waals surface area contributed by atoms with Crippen molar-refractivity contribution in [1.82, 2.24) is 9.71 Å². The normalized spacial score (nSPS) is 12.2. The van der Waals surface area contributed by atoms with Crippen LogP contribution < -0.4 is 15.8 Å². The molecule has 8 heteroatoms. The highest BCUT2D eigenvalue weighted by Crippen LogP contribution is 2.12. The Morgan fingerprint density at radius 2 is 2.05 bits per heavy atom. The van der Waals surface area contributed by atoms with Gasteiger partial charge in [-0.25, -0.2) is 18.1 Å². The molecule has 0 unspecified atom stereocenters. The lowest BCUT2D eigenvalue weighted by Gasteiger charge is -2.25. The number of sulfonamides is 1. The van der Waals surface area contributed by atoms with Gasteiger partial charge in [0, 0.05) is 23.3 Å². The topological polar surface area (TPSA) is 97.1 Å². The number of rotatable bonds is 6. The lowest BCUT2D eigenvalue weighted by Crippen LogP contribution is -2.47. The van der Waals surface area contributed by atoms with Gasteiger partial charge in [-0.2, -0.15) is 0 Å². The molecule has 1 aromatic heterocycles. The van der Waals surface area contributed by atoms with Crippen LogP contribution in [0.2, 0.25) is 0 Å². The first-order chi connectivity index (χ1) is 8.98. The lowest BCUT2D eigenvalue weighted by molar-refractivity contribution is 0.476. The van der Waals surface area contributed by atoms with Crippen molar-refractivity contribution in [3.63, 3.8) is 0 Å². The fourth-order valence-corrected chi connectivity index (χ4v) is 2.94. The van der Waals surface area contributed by atoms with Gasteiger partial charge in [-0.05, 0) is 32.9 Å². The summed E-state index contributed by atoms with van der Waals surface area (Å²) in [5.41, 5.74) is 6.47. The fourth-order valence-electron chi connectivity index (χ4n) is 1.75. The summed E-state index contributed by atoms with van der Waals surface area (Å²) in [5, 5.41) is 3.09. The molecule has 1 rings (SSSR count). The Morgan fingerprint density at radius 3 is 2.55 bits per heavy atom. The summed E-state index contributed by atoms with van der Waals surface area (Å²) in [6.45, 7) is 5.79. The van der Waals surface area contributed by atoms with Crippen LogP contribution in [0, 0.1) is 6.92 Å². The second-order valence-corrected chi connectivity index (χ2v) is 7.55. The van der Waals surface area contributed by atoms with Crippen LogP contribution in [0.15, 0.2) is 12.1 Å². The van der Waals surface area contributed by atoms with E-state index in [2.05, 4.69) is 15.0 Å². The van der Waals surface area contributed by atoms with E-state index in [1.165, 1.54) is 0 Å². The maximum Gasteiger partial charge on any atom is 0.209 e. The molecule has 0 radical (unpaired) electrons. The van der Waals surface area contributed by atoms with Gasteiger partial charge in [-0.15, -0.1) is 0 Å². The number of hydrogen-bond acceptors (Lipinski definition) is 5. The van der Waals surface area contributed by atoms with Crippen molar-refractivity contribution in [2.24, 2.45) is 5.73 Å². The van der Waals surface area contributed by atoms with Gasteiger partial charge >= 0.3 is 0 Å². The van der Waals surface area contributed by atoms with Crippen molar-refractivity contribution in [2.45, 2.75) is 26.3 Å². The predicted octanol–water partition coefficient (Wildman–Crippen LogP) is 0.764. The van der Waals surface area contributed by atoms with Crippen LogP contribution in [0.1, 0.15) is 25.1 Å². The fraction of sp³-hybridized carbons (Fsp3) is 0.500. The van der Waals surface area contributed by atoms with E-state index in [0.717, 1.165) is 17.5 Å². The van der Waals surface area contributed by atoms with Gasteiger partial charge in [0.1, 0.15) is 10.8 Å². The molecule has 0 aliphatic carbocycles. The molecule has 0 saturated heterocycles. The SMILES string of the molecule is Cc1cc(C(N)=S)cc(NCC(C)(C)NS(C)(=O)=O)n1. The quantitative estimate of drug-likeness (QED) is 0.671. The van der Waals surface area contributed by atoms with Gasteiger partial charge in [0.2, 0.25) is 10.0 Å². The maximum absolute atomic E-state index is 11.3. The molecular formula is C12H20N4O2S2. The molecule has 1 heterocycles. The van der Waals surface area contributed by atoms with Crippen molar-refractivity contribution in [3.05, 3.63) is 23.4 Å². The van der Waals surface area contributed by atoms with Gasteiger partial charge in [-0.1, -0.05) is 12.2 Å². The smallest absolute Gasteiger partial charge is 0.209 e. The molecule has 0 atom stereocenters. The van der Waals surface area contributed by atoms with Crippen LogP contribution in [0.5, 0.6) is 0 Å². The predicted molar refractivity (Wildman–Crippen MR) is 85.4 cm³/mol. The Kier molecular flexibility index (Phi) is 5.06. The first kappa shape index (κ1) is 16.8. The molecular weight excluding hydrogens is 296 g/mol. The van der Waals surface area contributed by atoms with Gasteiger partial charge in [-0.3, -0.25) is 0 Å². The minimum Gasteiger partial charge on any atom is -0.389 e. The summed E-state index contributed by atoms with van der Waals surface area (Å²) in [7, 11) is -3.27. The van der Waals surface area contributed by atoms with Crippen molar-refractivity contribution in [1.29, 1.82) is 0 Å². The zero-order chi connectivity index (χ0) is 15.6. The molecule has 0 aliphatic heterocycles. The van der Waals surface area contributed by atoms with Crippen molar-refractivity contribution < 1.29 is 8.42 Å². The Morgan fingerprint density at radius 1 is 1.45 bits per heavy atom. The summed E-state index contributed by atoms with van der Waals surface area (Å²) in [4.78, 5) is 4.61. The van der Waals surface area contributed by atoms with E-state index in [-0.39, 0.29) is 0 Å². The second-order valence-electron chi connectivity index (χ2n) is 5.36. The Labute approximate surface area is 125 Å². The molecule has 1 aromatic rings. The number of pyridine rings is 1. The molecule has 0 saturated carbocycles. The average Bonchev–Trinajstić information content (AvgIpc) is 2.22. The maximum atomic E-state index is 11.3. The van der Waals surface area contributed by atoms with Crippen LogP contribution in [0.3, 0.4) is 0 Å². The van der Waals surface area contributed by atoms with E-state index >= 15 is 0 Å². The molecule has 0 aromatic carbocycles. The first-order valence-corrected chi connectivity index (χ1v) is 8.30. The molecule has 0 bridgehead atoms. The van der Waals surface area contributed by atoms with E-state index < -0.39 is 15.6 Å². The number of anilines is 1. The number of aromatic nitrogens is 1. The van der Waals surface area contributed by atoms with E-state index in [9.17, 15) is 8.42 Å². The van der Waals surface area contributed by atoms with Crippen LogP contribution in [0.25, 0.3) is 0 Å². The standard InChI is InChI=1S/C12H20N4O2S2/c1-8-5-9(11(13)19)6-10(15-8)14-7-12(2,3)16-20(4,17)18/h5-6,16H,7H2,1-4H3,(H2,13,19)(H,14,15). The van der Waals surface area contributed by atoms with Crippen LogP contribution in [0.4, 0.5) is 5.82 Å². The number of nitrogens with one attached hydrogen (secondary N) is 2. The average molecular weight is 316 g/mol. The third kappa shape index (κ3) is 5.81. The van der Waals surface area contributed by atoms with Gasteiger partial charge < -0.3 is 11.1 Å². The molecule has 6 nitrogen and oxygen atoms in total. The molecule has 0 spiro atoms. The van der Waals surface area contributed by atoms with Crippen molar-refractivity contribution in [2.75, 3.05) is 18.1 Å². The largest absolute Gasteiger partial charge is 0.389 e. The lowest BCUT2D eigenvalue weighted by atomic mass is 10.1. The number of nitrogens with two attached hydrogens (primary N) is 1. The summed E-state index contributed by atoms with van der Waals surface area (Å²) in [6, 6.07) is 3.54. The number of thiocarbonyl (C=S) groups is 1. The number of aryl methyl sites for hydroxylation is 1. The number of hydrogen-bond donors (Lipinski definition) is 3. The highest BCUT2D eigenvalue weighted by molar-refractivity contribution is 7.88. The molecule has 0 fully saturated rings. The third-order valence-corrected chi connectivity index (χ3v) is 3.57. The zero-order valence-electron chi connectivity index (χ0n) is 12.0. The summed E-state index contributed by atoms with van der Waals surface area (Å²) in [5.74, 6) is 0.608. The molecule has 4 N–H and O–H groups in total. The van der Waals surface area contributed by atoms with Gasteiger partial charge in [0.15, 0.2) is 0 Å². The zero-order valence-corrected chi connectivity index (χ0v) is 13.7. The summed E-state index contributed by atoms with van der Waals surface area (Å²) < 4.78 is 25.1. The Balaban J connectivity index is 2.82. The Bertz CT molecular complexity index is 612. The minimum atomic E-state index is -3.27. The van der Waals surface area contributed by atoms with E-state index in [1.54, 1.807) is 26.0 Å². The molecule has 112 valence electrons. The summed E-state index contributed by atoms with van der Waals surface area (Å²) >= 11 is 4.94. The van der Waals surface area contributed by atoms with Crippen LogP contribution in [-0.4, -0.2) is 36.7 Å². The van der Waals surface area contributed by atoms with Crippen LogP contribution in [-0.2, 0) is 10.0 Å². The van der Waals surface area contributed by atoms with Crippen molar-refractivity contribution in [3.8, 4) is 0 Å². The Hall–Kier alpha value is -1.25. The monoisotopic (exact) mass is 316 g/mol. The molecule has 0 aliphatic rings.